The van der Waals surface area contributed by atoms with E-state index in [2.05, 4.69) is 10.2 Å². The first kappa shape index (κ1) is 12.8. The molecule has 1 saturated heterocycles. The summed E-state index contributed by atoms with van der Waals surface area (Å²) in [5.41, 5.74) is 2.11. The van der Waals surface area contributed by atoms with Crippen LogP contribution in [0.5, 0.6) is 0 Å². The van der Waals surface area contributed by atoms with Crippen molar-refractivity contribution >= 4 is 6.41 Å². The minimum absolute atomic E-state index is 0.261. The zero-order chi connectivity index (χ0) is 13.9. The smallest absolute Gasteiger partial charge is 0.248 e. The lowest BCUT2D eigenvalue weighted by atomic mass is 9.97. The molecular formula is C15H17N3O2. The third-order valence-corrected chi connectivity index (χ3v) is 3.84. The normalized spacial score (nSPS) is 16.4. The lowest BCUT2D eigenvalue weighted by Gasteiger charge is -2.26. The maximum Gasteiger partial charge on any atom is 0.248 e. The molecule has 1 aliphatic heterocycles. The van der Waals surface area contributed by atoms with E-state index in [1.807, 2.05) is 31.2 Å². The molecule has 1 aromatic heterocycles. The number of hydrogen-bond donors (Lipinski definition) is 0. The minimum Gasteiger partial charge on any atom is -0.420 e. The van der Waals surface area contributed by atoms with E-state index in [0.717, 1.165) is 43.5 Å². The third-order valence-electron chi connectivity index (χ3n) is 3.84. The number of benzene rings is 1. The zero-order valence-corrected chi connectivity index (χ0v) is 11.5. The molecule has 5 heteroatoms. The van der Waals surface area contributed by atoms with Crippen molar-refractivity contribution in [1.82, 2.24) is 15.1 Å². The van der Waals surface area contributed by atoms with Gasteiger partial charge in [0.1, 0.15) is 0 Å². The summed E-state index contributed by atoms with van der Waals surface area (Å²) in [6.07, 6.45) is 2.67. The van der Waals surface area contributed by atoms with Crippen LogP contribution in [-0.4, -0.2) is 34.6 Å². The fourth-order valence-corrected chi connectivity index (χ4v) is 2.57. The molecule has 1 fully saturated rings. The molecule has 0 saturated carbocycles. The molecule has 0 N–H and O–H groups in total. The molecule has 5 nitrogen and oxygen atoms in total. The van der Waals surface area contributed by atoms with E-state index >= 15 is 0 Å². The third kappa shape index (κ3) is 2.43. The van der Waals surface area contributed by atoms with Crippen molar-refractivity contribution in [3.8, 4) is 11.5 Å². The maximum atomic E-state index is 10.7. The largest absolute Gasteiger partial charge is 0.420 e. The van der Waals surface area contributed by atoms with E-state index in [-0.39, 0.29) is 5.92 Å². The van der Waals surface area contributed by atoms with Crippen LogP contribution in [0.3, 0.4) is 0 Å². The van der Waals surface area contributed by atoms with Crippen molar-refractivity contribution in [3.05, 3.63) is 35.7 Å². The standard InChI is InChI=1S/C15H17N3O2/c1-11-4-2-3-5-13(11)15-17-16-14(20-15)12-6-8-18(10-19)9-7-12/h2-5,10,12H,6-9H2,1H3. The maximum absolute atomic E-state index is 10.7. The molecule has 104 valence electrons. The Morgan fingerprint density at radius 1 is 1.25 bits per heavy atom. The summed E-state index contributed by atoms with van der Waals surface area (Å²) < 4.78 is 5.83. The molecule has 2 heterocycles. The van der Waals surface area contributed by atoms with Crippen molar-refractivity contribution < 1.29 is 9.21 Å². The topological polar surface area (TPSA) is 59.2 Å². The Kier molecular flexibility index (Phi) is 3.50. The second-order valence-electron chi connectivity index (χ2n) is 5.18. The molecule has 1 aliphatic rings. The van der Waals surface area contributed by atoms with Crippen LogP contribution in [0.4, 0.5) is 0 Å². The Bertz CT molecular complexity index is 601. The summed E-state index contributed by atoms with van der Waals surface area (Å²) in [6, 6.07) is 7.98. The van der Waals surface area contributed by atoms with Crippen LogP contribution in [0.15, 0.2) is 28.7 Å². The molecule has 0 spiro atoms. The van der Waals surface area contributed by atoms with Gasteiger partial charge in [0.25, 0.3) is 0 Å². The van der Waals surface area contributed by atoms with Crippen LogP contribution in [0.25, 0.3) is 11.5 Å². The molecule has 1 aromatic carbocycles. The number of amides is 1. The van der Waals surface area contributed by atoms with E-state index in [0.29, 0.717) is 11.8 Å². The number of rotatable bonds is 3. The van der Waals surface area contributed by atoms with Crippen LogP contribution in [0.1, 0.15) is 30.2 Å². The Morgan fingerprint density at radius 2 is 2.00 bits per heavy atom. The van der Waals surface area contributed by atoms with Gasteiger partial charge in [0, 0.05) is 24.6 Å². The summed E-state index contributed by atoms with van der Waals surface area (Å²) in [4.78, 5) is 12.5. The molecule has 2 aromatic rings. The van der Waals surface area contributed by atoms with Crippen molar-refractivity contribution in [2.45, 2.75) is 25.7 Å². The van der Waals surface area contributed by atoms with E-state index in [9.17, 15) is 4.79 Å². The van der Waals surface area contributed by atoms with Gasteiger partial charge in [-0.05, 0) is 31.4 Å². The number of nitrogens with zero attached hydrogens (tertiary/aromatic N) is 3. The van der Waals surface area contributed by atoms with Crippen molar-refractivity contribution in [2.75, 3.05) is 13.1 Å². The second-order valence-corrected chi connectivity index (χ2v) is 5.18. The number of aromatic nitrogens is 2. The summed E-state index contributed by atoms with van der Waals surface area (Å²) in [5, 5.41) is 8.35. The molecule has 0 unspecified atom stereocenters. The molecule has 0 atom stereocenters. The van der Waals surface area contributed by atoms with E-state index < -0.39 is 0 Å². The average Bonchev–Trinajstić information content (AvgIpc) is 2.97. The van der Waals surface area contributed by atoms with Gasteiger partial charge in [-0.25, -0.2) is 0 Å². The number of likely N-dealkylation sites (tertiary alicyclic amines) is 1. The van der Waals surface area contributed by atoms with Crippen molar-refractivity contribution in [1.29, 1.82) is 0 Å². The summed E-state index contributed by atoms with van der Waals surface area (Å²) in [5.74, 6) is 1.53. The first-order valence-electron chi connectivity index (χ1n) is 6.86. The van der Waals surface area contributed by atoms with Gasteiger partial charge in [-0.2, -0.15) is 0 Å². The fourth-order valence-electron chi connectivity index (χ4n) is 2.57. The molecule has 20 heavy (non-hydrogen) atoms. The molecular weight excluding hydrogens is 254 g/mol. The van der Waals surface area contributed by atoms with Gasteiger partial charge in [0.05, 0.1) is 0 Å². The number of aryl methyl sites for hydroxylation is 1. The Labute approximate surface area is 117 Å². The summed E-state index contributed by atoms with van der Waals surface area (Å²) in [7, 11) is 0. The number of carbonyl (C=O) groups excluding carboxylic acids is 1. The van der Waals surface area contributed by atoms with E-state index in [4.69, 9.17) is 4.42 Å². The van der Waals surface area contributed by atoms with E-state index in [1.165, 1.54) is 0 Å². The highest BCUT2D eigenvalue weighted by molar-refractivity contribution is 5.57. The van der Waals surface area contributed by atoms with Gasteiger partial charge in [0.2, 0.25) is 18.2 Å². The van der Waals surface area contributed by atoms with E-state index in [1.54, 1.807) is 4.90 Å². The highest BCUT2D eigenvalue weighted by Crippen LogP contribution is 2.29. The van der Waals surface area contributed by atoms with Gasteiger partial charge < -0.3 is 9.32 Å². The van der Waals surface area contributed by atoms with Gasteiger partial charge in [-0.15, -0.1) is 10.2 Å². The average molecular weight is 271 g/mol. The molecule has 3 rings (SSSR count). The lowest BCUT2D eigenvalue weighted by Crippen LogP contribution is -2.31. The Balaban J connectivity index is 1.78. The Hall–Kier alpha value is -2.17. The van der Waals surface area contributed by atoms with Crippen LogP contribution in [0, 0.1) is 6.92 Å². The number of carbonyl (C=O) groups is 1. The molecule has 0 bridgehead atoms. The molecule has 0 radical (unpaired) electrons. The van der Waals surface area contributed by atoms with Crippen molar-refractivity contribution in [3.63, 3.8) is 0 Å². The van der Waals surface area contributed by atoms with Crippen LogP contribution < -0.4 is 0 Å². The van der Waals surface area contributed by atoms with Crippen LogP contribution in [-0.2, 0) is 4.79 Å². The van der Waals surface area contributed by atoms with Gasteiger partial charge in [-0.1, -0.05) is 18.2 Å². The Morgan fingerprint density at radius 3 is 2.70 bits per heavy atom. The highest BCUT2D eigenvalue weighted by atomic mass is 16.4. The number of piperidine rings is 1. The minimum atomic E-state index is 0.261. The van der Waals surface area contributed by atoms with Crippen LogP contribution in [0.2, 0.25) is 0 Å². The monoisotopic (exact) mass is 271 g/mol. The fraction of sp³-hybridized carbons (Fsp3) is 0.400. The summed E-state index contributed by atoms with van der Waals surface area (Å²) in [6.45, 7) is 3.55. The van der Waals surface area contributed by atoms with Crippen molar-refractivity contribution in [2.24, 2.45) is 0 Å². The highest BCUT2D eigenvalue weighted by Gasteiger charge is 2.24. The van der Waals surface area contributed by atoms with Gasteiger partial charge in [-0.3, -0.25) is 4.79 Å². The first-order chi connectivity index (χ1) is 9.78. The predicted octanol–water partition coefficient (Wildman–Crippen LogP) is 2.38. The van der Waals surface area contributed by atoms with Gasteiger partial charge >= 0.3 is 0 Å². The molecule has 0 aliphatic carbocycles. The zero-order valence-electron chi connectivity index (χ0n) is 11.5. The second kappa shape index (κ2) is 5.45. The lowest BCUT2D eigenvalue weighted by molar-refractivity contribution is -0.119. The quantitative estimate of drug-likeness (QED) is 0.804. The SMILES string of the molecule is Cc1ccccc1-c1nnc(C2CCN(C=O)CC2)o1. The summed E-state index contributed by atoms with van der Waals surface area (Å²) >= 11 is 0. The number of hydrogen-bond acceptors (Lipinski definition) is 4. The first-order valence-corrected chi connectivity index (χ1v) is 6.86. The molecule has 1 amide bonds. The predicted molar refractivity (Wildman–Crippen MR) is 74.1 cm³/mol. The van der Waals surface area contributed by atoms with Gasteiger partial charge in [0.15, 0.2) is 0 Å². The van der Waals surface area contributed by atoms with Crippen LogP contribution >= 0.6 is 0 Å².